The number of hydrogen-bond donors (Lipinski definition) is 0. The van der Waals surface area contributed by atoms with Crippen LogP contribution in [0.5, 0.6) is 0 Å². The Bertz CT molecular complexity index is 862. The molecule has 0 bridgehead atoms. The fourth-order valence-electron chi connectivity index (χ4n) is 2.74. The molecule has 0 radical (unpaired) electrons. The van der Waals surface area contributed by atoms with Crippen LogP contribution in [0, 0.1) is 20.2 Å². The maximum absolute atomic E-state index is 12.8. The molecule has 0 aliphatic heterocycles. The second kappa shape index (κ2) is 10.7. The highest BCUT2D eigenvalue weighted by Gasteiger charge is 2.36. The zero-order valence-electron chi connectivity index (χ0n) is 17.4. The molecule has 0 heterocycles. The van der Waals surface area contributed by atoms with Crippen LogP contribution in [0.1, 0.15) is 40.0 Å². The summed E-state index contributed by atoms with van der Waals surface area (Å²) in [6.45, 7) is 5.94. The Hall–Kier alpha value is -2.96. The summed E-state index contributed by atoms with van der Waals surface area (Å²) >= 11 is 0. The van der Waals surface area contributed by atoms with Crippen LogP contribution in [0.4, 0.5) is 21.9 Å². The topological polar surface area (TPSA) is 153 Å². The van der Waals surface area contributed by atoms with Crippen molar-refractivity contribution in [2.75, 3.05) is 31.6 Å². The van der Waals surface area contributed by atoms with Gasteiger partial charge in [-0.3, -0.25) is 20.2 Å². The number of sulfonamides is 1. The van der Waals surface area contributed by atoms with E-state index in [-0.39, 0.29) is 16.6 Å². The van der Waals surface area contributed by atoms with Crippen LogP contribution in [-0.4, -0.2) is 55.4 Å². The predicted molar refractivity (Wildman–Crippen MR) is 109 cm³/mol. The Morgan fingerprint density at radius 2 is 1.47 bits per heavy atom. The van der Waals surface area contributed by atoms with Gasteiger partial charge in [0.05, 0.1) is 16.5 Å². The van der Waals surface area contributed by atoms with Gasteiger partial charge in [-0.15, -0.1) is 0 Å². The fraction of sp³-hybridized carbons (Fsp3) is 0.588. The fourth-order valence-corrected chi connectivity index (χ4v) is 3.83. The summed E-state index contributed by atoms with van der Waals surface area (Å²) in [5.74, 6) is 0. The van der Waals surface area contributed by atoms with Crippen molar-refractivity contribution in [2.24, 2.45) is 0 Å². The minimum atomic E-state index is -4.62. The number of anilines is 1. The van der Waals surface area contributed by atoms with E-state index in [4.69, 9.17) is 4.74 Å². The Labute approximate surface area is 174 Å². The third-order valence-electron chi connectivity index (χ3n) is 4.09. The molecule has 13 heteroatoms. The summed E-state index contributed by atoms with van der Waals surface area (Å²) in [5, 5.41) is 23.4. The van der Waals surface area contributed by atoms with E-state index in [1.807, 2.05) is 13.8 Å². The van der Waals surface area contributed by atoms with Gasteiger partial charge in [0.15, 0.2) is 5.69 Å². The van der Waals surface area contributed by atoms with Gasteiger partial charge in [-0.25, -0.2) is 17.5 Å². The summed E-state index contributed by atoms with van der Waals surface area (Å²) in [4.78, 5) is 34.4. The second-order valence-corrected chi connectivity index (χ2v) is 8.37. The highest BCUT2D eigenvalue weighted by atomic mass is 32.2. The van der Waals surface area contributed by atoms with Crippen molar-refractivity contribution in [1.82, 2.24) is 4.31 Å². The number of carbonyl (C=O) groups excluding carboxylic acids is 1. The highest BCUT2D eigenvalue weighted by Crippen LogP contribution is 2.40. The van der Waals surface area contributed by atoms with E-state index in [1.165, 1.54) is 4.90 Å². The lowest BCUT2D eigenvalue weighted by molar-refractivity contribution is -0.393. The summed E-state index contributed by atoms with van der Waals surface area (Å²) in [7, 11) is -3.70. The van der Waals surface area contributed by atoms with Gasteiger partial charge < -0.3 is 9.64 Å². The standard InChI is InChI=1S/C17H26N4O8S/c1-5-8-19(9-6-2)16-14(20(23)24)11-13(12-15(16)21(25)26)30(27,28)18(4)17(22)29-10-7-3/h11-12H,5-10H2,1-4H3. The van der Waals surface area contributed by atoms with Gasteiger partial charge in [0.1, 0.15) is 4.90 Å². The van der Waals surface area contributed by atoms with E-state index >= 15 is 0 Å². The molecule has 0 spiro atoms. The van der Waals surface area contributed by atoms with Crippen LogP contribution in [0.2, 0.25) is 0 Å². The molecule has 0 aliphatic rings. The van der Waals surface area contributed by atoms with E-state index in [9.17, 15) is 33.4 Å². The molecule has 0 aromatic heterocycles. The van der Waals surface area contributed by atoms with Gasteiger partial charge >= 0.3 is 17.5 Å². The average Bonchev–Trinajstić information content (AvgIpc) is 2.69. The third-order valence-corrected chi connectivity index (χ3v) is 5.79. The number of nitro groups is 2. The van der Waals surface area contributed by atoms with Crippen molar-refractivity contribution in [2.45, 2.75) is 44.9 Å². The second-order valence-electron chi connectivity index (χ2n) is 6.40. The lowest BCUT2D eigenvalue weighted by Gasteiger charge is -2.24. The third kappa shape index (κ3) is 5.55. The maximum atomic E-state index is 12.8. The Balaban J connectivity index is 3.70. The van der Waals surface area contributed by atoms with Gasteiger partial charge in [0, 0.05) is 32.3 Å². The smallest absolute Gasteiger partial charge is 0.423 e. The van der Waals surface area contributed by atoms with E-state index in [0.717, 1.165) is 19.2 Å². The minimum absolute atomic E-state index is 0.0269. The summed E-state index contributed by atoms with van der Waals surface area (Å²) < 4.78 is 30.6. The molecule has 0 atom stereocenters. The molecule has 0 fully saturated rings. The number of amides is 1. The molecule has 30 heavy (non-hydrogen) atoms. The van der Waals surface area contributed by atoms with Crippen LogP contribution in [-0.2, 0) is 14.8 Å². The molecule has 1 aromatic rings. The number of hydrogen-bond acceptors (Lipinski definition) is 9. The zero-order chi connectivity index (χ0) is 23.1. The molecule has 1 aromatic carbocycles. The van der Waals surface area contributed by atoms with Gasteiger partial charge in [-0.1, -0.05) is 20.8 Å². The molecular formula is C17H26N4O8S. The van der Waals surface area contributed by atoms with Gasteiger partial charge in [-0.05, 0) is 19.3 Å². The van der Waals surface area contributed by atoms with Crippen LogP contribution in [0.15, 0.2) is 17.0 Å². The van der Waals surface area contributed by atoms with E-state index < -0.39 is 42.2 Å². The molecule has 0 aliphatic carbocycles. The number of rotatable bonds is 11. The lowest BCUT2D eigenvalue weighted by Crippen LogP contribution is -2.34. The van der Waals surface area contributed by atoms with Crippen molar-refractivity contribution in [3.63, 3.8) is 0 Å². The van der Waals surface area contributed by atoms with Crippen molar-refractivity contribution in [3.05, 3.63) is 32.4 Å². The van der Waals surface area contributed by atoms with Gasteiger partial charge in [0.2, 0.25) is 0 Å². The molecule has 168 valence electrons. The van der Waals surface area contributed by atoms with Crippen LogP contribution >= 0.6 is 0 Å². The molecule has 12 nitrogen and oxygen atoms in total. The van der Waals surface area contributed by atoms with Crippen LogP contribution < -0.4 is 4.90 Å². The number of nitrogens with zero attached hydrogens (tertiary/aromatic N) is 4. The number of ether oxygens (including phenoxy) is 1. The van der Waals surface area contributed by atoms with E-state index in [0.29, 0.717) is 32.4 Å². The lowest BCUT2D eigenvalue weighted by atomic mass is 10.2. The molecule has 1 rings (SSSR count). The van der Waals surface area contributed by atoms with Crippen molar-refractivity contribution in [3.8, 4) is 0 Å². The van der Waals surface area contributed by atoms with E-state index in [1.54, 1.807) is 6.92 Å². The Morgan fingerprint density at radius 1 is 1.00 bits per heavy atom. The number of benzene rings is 1. The van der Waals surface area contributed by atoms with Crippen molar-refractivity contribution in [1.29, 1.82) is 0 Å². The molecule has 0 saturated heterocycles. The average molecular weight is 446 g/mol. The van der Waals surface area contributed by atoms with Crippen LogP contribution in [0.3, 0.4) is 0 Å². The first kappa shape index (κ1) is 25.1. The molecule has 1 amide bonds. The Kier molecular flexibility index (Phi) is 8.95. The molecule has 0 unspecified atom stereocenters. The normalized spacial score (nSPS) is 11.1. The zero-order valence-corrected chi connectivity index (χ0v) is 18.2. The quantitative estimate of drug-likeness (QED) is 0.368. The first-order chi connectivity index (χ1) is 14.0. The predicted octanol–water partition coefficient (Wildman–Crippen LogP) is 3.30. The highest BCUT2D eigenvalue weighted by molar-refractivity contribution is 7.89. The van der Waals surface area contributed by atoms with Crippen LogP contribution in [0.25, 0.3) is 0 Å². The summed E-state index contributed by atoms with van der Waals surface area (Å²) in [6.07, 6.45) is 0.404. The molecule has 0 N–H and O–H groups in total. The largest absolute Gasteiger partial charge is 0.449 e. The first-order valence-electron chi connectivity index (χ1n) is 9.40. The first-order valence-corrected chi connectivity index (χ1v) is 10.8. The molecule has 0 saturated carbocycles. The van der Waals surface area contributed by atoms with Crippen molar-refractivity contribution < 1.29 is 27.8 Å². The van der Waals surface area contributed by atoms with Gasteiger partial charge in [0.25, 0.3) is 10.0 Å². The van der Waals surface area contributed by atoms with Gasteiger partial charge in [-0.2, -0.15) is 0 Å². The summed E-state index contributed by atoms with van der Waals surface area (Å²) in [5.41, 5.74) is -1.70. The SMILES string of the molecule is CCCOC(=O)N(C)S(=O)(=O)c1cc([N+](=O)[O-])c(N(CCC)CCC)c([N+](=O)[O-])c1. The number of carbonyl (C=O) groups is 1. The molecular weight excluding hydrogens is 420 g/mol. The maximum Gasteiger partial charge on any atom is 0.423 e. The van der Waals surface area contributed by atoms with E-state index in [2.05, 4.69) is 0 Å². The summed E-state index contributed by atoms with van der Waals surface area (Å²) in [6, 6.07) is 1.47. The minimum Gasteiger partial charge on any atom is -0.449 e. The number of nitro benzene ring substituents is 2. The monoisotopic (exact) mass is 446 g/mol. The Morgan fingerprint density at radius 3 is 1.83 bits per heavy atom. The van der Waals surface area contributed by atoms with Crippen molar-refractivity contribution >= 4 is 33.2 Å².